The number of benzene rings is 2. The van der Waals surface area contributed by atoms with Crippen LogP contribution in [0.4, 0.5) is 0 Å². The van der Waals surface area contributed by atoms with E-state index in [1.807, 2.05) is 18.2 Å². The van der Waals surface area contributed by atoms with Crippen LogP contribution in [-0.4, -0.2) is 29.1 Å². The van der Waals surface area contributed by atoms with Gasteiger partial charge < -0.3 is 5.11 Å². The van der Waals surface area contributed by atoms with Gasteiger partial charge in [-0.25, -0.2) is 0 Å². The molecule has 1 saturated heterocycles. The lowest BCUT2D eigenvalue weighted by atomic mass is 9.94. The van der Waals surface area contributed by atoms with Gasteiger partial charge in [0.05, 0.1) is 5.92 Å². The summed E-state index contributed by atoms with van der Waals surface area (Å²) < 4.78 is 0. The largest absolute Gasteiger partial charge is 0.481 e. The van der Waals surface area contributed by atoms with Gasteiger partial charge in [-0.2, -0.15) is 0 Å². The highest BCUT2D eigenvalue weighted by molar-refractivity contribution is 6.35. The number of rotatable bonds is 5. The molecule has 0 bridgehead atoms. The molecule has 1 N–H and O–H groups in total. The second kappa shape index (κ2) is 8.44. The minimum atomic E-state index is -0.644. The van der Waals surface area contributed by atoms with Crippen LogP contribution in [0.1, 0.15) is 47.6 Å². The molecule has 1 atom stereocenters. The predicted molar refractivity (Wildman–Crippen MR) is 113 cm³/mol. The topological polar surface area (TPSA) is 40.5 Å². The van der Waals surface area contributed by atoms with Crippen molar-refractivity contribution in [1.29, 1.82) is 0 Å². The average molecular weight is 418 g/mol. The molecule has 2 aromatic rings. The molecule has 2 aliphatic rings. The summed E-state index contributed by atoms with van der Waals surface area (Å²) in [7, 11) is 0. The SMILES string of the molecule is O=C(O)C1CCN(C2CCc3cc(CCc4c(Cl)cccc4Cl)ccc32)CC1. The van der Waals surface area contributed by atoms with Gasteiger partial charge in [0.1, 0.15) is 0 Å². The molecule has 4 rings (SSSR count). The molecule has 5 heteroatoms. The van der Waals surface area contributed by atoms with Gasteiger partial charge in [-0.05, 0) is 86.0 Å². The van der Waals surface area contributed by atoms with Gasteiger partial charge >= 0.3 is 5.97 Å². The first-order valence-electron chi connectivity index (χ1n) is 10.0. The lowest BCUT2D eigenvalue weighted by Crippen LogP contribution is -2.38. The predicted octanol–water partition coefficient (Wildman–Crippen LogP) is 5.56. The number of carbonyl (C=O) groups is 1. The summed E-state index contributed by atoms with van der Waals surface area (Å²) in [5.74, 6) is -0.814. The van der Waals surface area contributed by atoms with E-state index in [4.69, 9.17) is 23.2 Å². The lowest BCUT2D eigenvalue weighted by Gasteiger charge is -2.35. The molecule has 3 nitrogen and oxygen atoms in total. The number of nitrogens with zero attached hydrogens (tertiary/aromatic N) is 1. The molecular weight excluding hydrogens is 393 g/mol. The summed E-state index contributed by atoms with van der Waals surface area (Å²) in [5, 5.41) is 10.7. The molecule has 148 valence electrons. The van der Waals surface area contributed by atoms with E-state index in [0.717, 1.165) is 67.2 Å². The fraction of sp³-hybridized carbons (Fsp3) is 0.435. The van der Waals surface area contributed by atoms with Crippen molar-refractivity contribution >= 4 is 29.2 Å². The third-order valence-electron chi connectivity index (χ3n) is 6.30. The van der Waals surface area contributed by atoms with Crippen LogP contribution in [0.2, 0.25) is 10.0 Å². The first-order chi connectivity index (χ1) is 13.5. The number of piperidine rings is 1. The maximum absolute atomic E-state index is 11.2. The van der Waals surface area contributed by atoms with E-state index in [9.17, 15) is 9.90 Å². The lowest BCUT2D eigenvalue weighted by molar-refractivity contribution is -0.143. The van der Waals surface area contributed by atoms with Crippen molar-refractivity contribution in [3.8, 4) is 0 Å². The third kappa shape index (κ3) is 4.07. The second-order valence-electron chi connectivity index (χ2n) is 7.94. The molecule has 0 spiro atoms. The van der Waals surface area contributed by atoms with Crippen molar-refractivity contribution in [2.75, 3.05) is 13.1 Å². The molecule has 0 aromatic heterocycles. The van der Waals surface area contributed by atoms with E-state index < -0.39 is 5.97 Å². The van der Waals surface area contributed by atoms with Crippen LogP contribution in [0.5, 0.6) is 0 Å². The first-order valence-corrected chi connectivity index (χ1v) is 10.8. The number of aryl methyl sites for hydroxylation is 2. The monoisotopic (exact) mass is 417 g/mol. The summed E-state index contributed by atoms with van der Waals surface area (Å²) in [6.07, 6.45) is 5.51. The molecule has 2 aromatic carbocycles. The van der Waals surface area contributed by atoms with Gasteiger partial charge in [-0.15, -0.1) is 0 Å². The molecular formula is C23H25Cl2NO2. The molecule has 1 aliphatic carbocycles. The Morgan fingerprint density at radius 1 is 1.04 bits per heavy atom. The van der Waals surface area contributed by atoms with Crippen LogP contribution >= 0.6 is 23.2 Å². The Labute approximate surface area is 176 Å². The van der Waals surface area contributed by atoms with E-state index in [2.05, 4.69) is 23.1 Å². The highest BCUT2D eigenvalue weighted by Gasteiger charge is 2.32. The van der Waals surface area contributed by atoms with Gasteiger partial charge in [0, 0.05) is 16.1 Å². The van der Waals surface area contributed by atoms with Gasteiger partial charge in [0.15, 0.2) is 0 Å². The maximum atomic E-state index is 11.2. The standard InChI is InChI=1S/C23H25Cl2NO2/c24-20-2-1-3-21(25)19(20)8-5-15-4-7-18-17(14-15)6-9-22(18)26-12-10-16(11-13-26)23(27)28/h1-4,7,14,16,22H,5-6,8-13H2,(H,27,28). The van der Waals surface area contributed by atoms with Gasteiger partial charge in [0.25, 0.3) is 0 Å². The Morgan fingerprint density at radius 2 is 1.75 bits per heavy atom. The Balaban J connectivity index is 1.42. The maximum Gasteiger partial charge on any atom is 0.306 e. The van der Waals surface area contributed by atoms with E-state index in [1.165, 1.54) is 16.7 Å². The summed E-state index contributed by atoms with van der Waals surface area (Å²) in [4.78, 5) is 13.7. The van der Waals surface area contributed by atoms with E-state index in [-0.39, 0.29) is 5.92 Å². The van der Waals surface area contributed by atoms with Crippen molar-refractivity contribution in [1.82, 2.24) is 4.90 Å². The van der Waals surface area contributed by atoms with Crippen molar-refractivity contribution in [2.45, 2.75) is 44.6 Å². The van der Waals surface area contributed by atoms with Gasteiger partial charge in [-0.3, -0.25) is 9.69 Å². The Bertz CT molecular complexity index is 855. The Morgan fingerprint density at radius 3 is 2.43 bits per heavy atom. The molecule has 0 radical (unpaired) electrons. The highest BCUT2D eigenvalue weighted by Crippen LogP contribution is 2.38. The third-order valence-corrected chi connectivity index (χ3v) is 7.01. The van der Waals surface area contributed by atoms with Crippen molar-refractivity contribution < 1.29 is 9.90 Å². The molecule has 0 saturated carbocycles. The molecule has 0 amide bonds. The molecule has 1 fully saturated rings. The van der Waals surface area contributed by atoms with Crippen LogP contribution in [-0.2, 0) is 24.1 Å². The number of hydrogen-bond donors (Lipinski definition) is 1. The quantitative estimate of drug-likeness (QED) is 0.691. The van der Waals surface area contributed by atoms with Gasteiger partial charge in [0.2, 0.25) is 0 Å². The fourth-order valence-corrected chi connectivity index (χ4v) is 5.27. The van der Waals surface area contributed by atoms with Crippen molar-refractivity contribution in [3.63, 3.8) is 0 Å². The van der Waals surface area contributed by atoms with E-state index in [0.29, 0.717) is 6.04 Å². The molecule has 1 heterocycles. The second-order valence-corrected chi connectivity index (χ2v) is 8.75. The fourth-order valence-electron chi connectivity index (χ4n) is 4.68. The number of hydrogen-bond acceptors (Lipinski definition) is 2. The van der Waals surface area contributed by atoms with Crippen LogP contribution in [0, 0.1) is 5.92 Å². The average Bonchev–Trinajstić information content (AvgIpc) is 3.11. The highest BCUT2D eigenvalue weighted by atomic mass is 35.5. The Hall–Kier alpha value is -1.55. The zero-order valence-electron chi connectivity index (χ0n) is 15.8. The van der Waals surface area contributed by atoms with Crippen molar-refractivity contribution in [2.24, 2.45) is 5.92 Å². The minimum absolute atomic E-state index is 0.170. The summed E-state index contributed by atoms with van der Waals surface area (Å²) >= 11 is 12.6. The zero-order valence-corrected chi connectivity index (χ0v) is 17.3. The summed E-state index contributed by atoms with van der Waals surface area (Å²) in [5.41, 5.74) is 5.20. The normalized spacial score (nSPS) is 20.3. The molecule has 1 unspecified atom stereocenters. The van der Waals surface area contributed by atoms with Gasteiger partial charge in [-0.1, -0.05) is 47.5 Å². The zero-order chi connectivity index (χ0) is 19.7. The first kappa shape index (κ1) is 19.8. The van der Waals surface area contributed by atoms with Crippen LogP contribution in [0.3, 0.4) is 0 Å². The van der Waals surface area contributed by atoms with E-state index in [1.54, 1.807) is 0 Å². The van der Waals surface area contributed by atoms with Crippen LogP contribution < -0.4 is 0 Å². The van der Waals surface area contributed by atoms with Crippen LogP contribution in [0.25, 0.3) is 0 Å². The van der Waals surface area contributed by atoms with E-state index >= 15 is 0 Å². The number of fused-ring (bicyclic) bond motifs is 1. The number of carboxylic acids is 1. The minimum Gasteiger partial charge on any atom is -0.481 e. The number of halogens is 2. The molecule has 1 aliphatic heterocycles. The summed E-state index contributed by atoms with van der Waals surface area (Å²) in [6, 6.07) is 12.9. The number of likely N-dealkylation sites (tertiary alicyclic amines) is 1. The smallest absolute Gasteiger partial charge is 0.306 e. The summed E-state index contributed by atoms with van der Waals surface area (Å²) in [6.45, 7) is 1.77. The number of aliphatic carboxylic acids is 1. The number of carboxylic acid groups (broad SMARTS) is 1. The Kier molecular flexibility index (Phi) is 5.96. The molecule has 28 heavy (non-hydrogen) atoms. The van der Waals surface area contributed by atoms with Crippen LogP contribution in [0.15, 0.2) is 36.4 Å². The van der Waals surface area contributed by atoms with Crippen molar-refractivity contribution in [3.05, 3.63) is 68.7 Å².